The van der Waals surface area contributed by atoms with E-state index in [9.17, 15) is 31.1 Å². The summed E-state index contributed by atoms with van der Waals surface area (Å²) in [6.07, 6.45) is -10.9. The van der Waals surface area contributed by atoms with Gasteiger partial charge in [-0.15, -0.1) is 13.2 Å². The van der Waals surface area contributed by atoms with E-state index in [1.807, 2.05) is 0 Å². The molecule has 0 atom stereocenters. The number of ether oxygens (including phenoxy) is 2. The monoisotopic (exact) mass is 443 g/mol. The zero-order valence-corrected chi connectivity index (χ0v) is 13.0. The number of hydrogen-bond acceptors (Lipinski definition) is 4. The van der Waals surface area contributed by atoms with Crippen LogP contribution in [-0.4, -0.2) is 23.9 Å². The lowest BCUT2D eigenvalue weighted by Gasteiger charge is -2.16. The van der Waals surface area contributed by atoms with E-state index in [1.54, 1.807) is 0 Å². The van der Waals surface area contributed by atoms with Crippen LogP contribution in [0.3, 0.4) is 0 Å². The lowest BCUT2D eigenvalue weighted by atomic mass is 10.2. The molecular weight excluding hydrogens is 435 g/mol. The predicted octanol–water partition coefficient (Wildman–Crippen LogP) is 3.71. The van der Waals surface area contributed by atoms with Gasteiger partial charge in [0, 0.05) is 0 Å². The van der Waals surface area contributed by atoms with Crippen molar-refractivity contribution in [2.24, 2.45) is 0 Å². The summed E-state index contributed by atoms with van der Waals surface area (Å²) in [6, 6.07) is 0.399. The molecule has 0 radical (unpaired) electrons. The molecule has 0 saturated heterocycles. The molecule has 0 amide bonds. The fourth-order valence-electron chi connectivity index (χ4n) is 1.39. The molecule has 0 aliphatic carbocycles. The van der Waals surface area contributed by atoms with E-state index < -0.39 is 45.6 Å². The largest absolute Gasteiger partial charge is 0.573 e. The first-order chi connectivity index (χ1) is 9.94. The average Bonchev–Trinajstić information content (AvgIpc) is 2.30. The van der Waals surface area contributed by atoms with Gasteiger partial charge in [0.25, 0.3) is 0 Å². The second kappa shape index (κ2) is 6.87. The average molecular weight is 443 g/mol. The Kier molecular flexibility index (Phi) is 5.87. The summed E-state index contributed by atoms with van der Waals surface area (Å²) in [4.78, 5) is 14.4. The molecule has 0 spiro atoms. The van der Waals surface area contributed by atoms with Crippen molar-refractivity contribution in [1.29, 1.82) is 0 Å². The van der Waals surface area contributed by atoms with Crippen molar-refractivity contribution in [3.8, 4) is 5.75 Å². The Hall–Kier alpha value is -1.27. The van der Waals surface area contributed by atoms with Gasteiger partial charge in [0.15, 0.2) is 5.75 Å². The third-order valence-electron chi connectivity index (χ3n) is 2.12. The number of nitrogens with zero attached hydrogens (tertiary/aromatic N) is 1. The first-order valence-corrected chi connectivity index (χ1v) is 6.70. The van der Waals surface area contributed by atoms with Crippen molar-refractivity contribution in [3.63, 3.8) is 0 Å². The zero-order valence-electron chi connectivity index (χ0n) is 10.8. The first-order valence-electron chi connectivity index (χ1n) is 5.62. The van der Waals surface area contributed by atoms with E-state index in [-0.39, 0.29) is 6.61 Å². The topological polar surface area (TPSA) is 48.4 Å². The lowest BCUT2D eigenvalue weighted by molar-refractivity contribution is -0.275. The molecular formula is C11H8F6INO3. The van der Waals surface area contributed by atoms with Crippen molar-refractivity contribution < 1.29 is 40.6 Å². The molecule has 1 rings (SSSR count). The molecule has 0 aromatic carbocycles. The minimum absolute atomic E-state index is 0.0790. The van der Waals surface area contributed by atoms with Crippen LogP contribution in [0.5, 0.6) is 5.75 Å². The van der Waals surface area contributed by atoms with Gasteiger partial charge in [0.1, 0.15) is 5.69 Å². The predicted molar refractivity (Wildman–Crippen MR) is 69.0 cm³/mol. The molecule has 0 N–H and O–H groups in total. The zero-order chi connectivity index (χ0) is 17.1. The molecule has 0 aliphatic rings. The van der Waals surface area contributed by atoms with E-state index in [4.69, 9.17) is 0 Å². The van der Waals surface area contributed by atoms with Crippen LogP contribution >= 0.6 is 22.6 Å². The van der Waals surface area contributed by atoms with Crippen LogP contribution in [0.15, 0.2) is 6.07 Å². The molecule has 1 aromatic rings. The highest BCUT2D eigenvalue weighted by Gasteiger charge is 2.38. The van der Waals surface area contributed by atoms with Crippen LogP contribution in [0.2, 0.25) is 0 Å². The summed E-state index contributed by atoms with van der Waals surface area (Å²) in [5.41, 5.74) is -2.22. The van der Waals surface area contributed by atoms with E-state index in [2.05, 4.69) is 14.5 Å². The summed E-state index contributed by atoms with van der Waals surface area (Å²) in [5.74, 6) is -1.97. The Balaban J connectivity index is 3.32. The number of halogens is 7. The number of pyridine rings is 1. The molecule has 124 valence electrons. The first kappa shape index (κ1) is 18.8. The Labute approximate surface area is 133 Å². The maximum absolute atomic E-state index is 12.7. The van der Waals surface area contributed by atoms with Crippen LogP contribution in [0.1, 0.15) is 18.3 Å². The van der Waals surface area contributed by atoms with Crippen LogP contribution in [0.4, 0.5) is 26.3 Å². The number of hydrogen-bond donors (Lipinski definition) is 0. The minimum Gasteiger partial charge on any atom is -0.466 e. The third-order valence-corrected chi connectivity index (χ3v) is 2.92. The summed E-state index contributed by atoms with van der Waals surface area (Å²) in [7, 11) is 0. The van der Waals surface area contributed by atoms with Crippen molar-refractivity contribution in [3.05, 3.63) is 21.0 Å². The molecule has 22 heavy (non-hydrogen) atoms. The number of aromatic nitrogens is 1. The molecule has 0 unspecified atom stereocenters. The van der Waals surface area contributed by atoms with Gasteiger partial charge in [-0.05, 0) is 35.6 Å². The molecule has 4 nitrogen and oxygen atoms in total. The number of carbonyl (C=O) groups excluding carboxylic acids is 1. The quantitative estimate of drug-likeness (QED) is 0.405. The van der Waals surface area contributed by atoms with Crippen molar-refractivity contribution in [1.82, 2.24) is 4.98 Å². The van der Waals surface area contributed by atoms with Gasteiger partial charge in [0.05, 0.1) is 22.3 Å². The maximum atomic E-state index is 12.7. The molecule has 1 aromatic heterocycles. The van der Waals surface area contributed by atoms with Gasteiger partial charge in [-0.1, -0.05) is 0 Å². The van der Waals surface area contributed by atoms with Crippen molar-refractivity contribution in [2.45, 2.75) is 25.9 Å². The molecule has 1 heterocycles. The lowest BCUT2D eigenvalue weighted by Crippen LogP contribution is -2.22. The Morgan fingerprint density at radius 1 is 1.27 bits per heavy atom. The number of rotatable bonds is 4. The Morgan fingerprint density at radius 3 is 2.32 bits per heavy atom. The van der Waals surface area contributed by atoms with E-state index in [0.717, 1.165) is 0 Å². The second-order valence-corrected chi connectivity index (χ2v) is 4.95. The standard InChI is InChI=1S/C11H8F6INO3/c1-2-21-8(20)4-6-9(22-11(15,16)17)5(18)3-7(19-6)10(12,13)14/h3H,2,4H2,1H3. The molecule has 0 aliphatic heterocycles. The summed E-state index contributed by atoms with van der Waals surface area (Å²) >= 11 is 1.24. The highest BCUT2D eigenvalue weighted by Crippen LogP contribution is 2.36. The number of esters is 1. The fraction of sp³-hybridized carbons (Fsp3) is 0.455. The molecule has 0 saturated carbocycles. The molecule has 11 heteroatoms. The highest BCUT2D eigenvalue weighted by atomic mass is 127. The van der Waals surface area contributed by atoms with Crippen LogP contribution in [0.25, 0.3) is 0 Å². The van der Waals surface area contributed by atoms with Gasteiger partial charge in [-0.2, -0.15) is 13.2 Å². The second-order valence-electron chi connectivity index (χ2n) is 3.79. The van der Waals surface area contributed by atoms with E-state index in [0.29, 0.717) is 6.07 Å². The SMILES string of the molecule is CCOC(=O)Cc1nc(C(F)(F)F)cc(I)c1OC(F)(F)F. The molecule has 0 fully saturated rings. The highest BCUT2D eigenvalue weighted by molar-refractivity contribution is 14.1. The summed E-state index contributed by atoms with van der Waals surface area (Å²) in [6.45, 7) is 1.36. The van der Waals surface area contributed by atoms with Gasteiger partial charge in [0.2, 0.25) is 0 Å². The number of alkyl halides is 6. The van der Waals surface area contributed by atoms with Crippen LogP contribution in [0, 0.1) is 3.57 Å². The minimum atomic E-state index is -5.13. The van der Waals surface area contributed by atoms with Gasteiger partial charge in [-0.25, -0.2) is 4.98 Å². The maximum Gasteiger partial charge on any atom is 0.573 e. The smallest absolute Gasteiger partial charge is 0.466 e. The molecule has 0 bridgehead atoms. The summed E-state index contributed by atoms with van der Waals surface area (Å²) < 4.78 is 82.6. The summed E-state index contributed by atoms with van der Waals surface area (Å²) in [5, 5.41) is 0. The van der Waals surface area contributed by atoms with Gasteiger partial charge in [-0.3, -0.25) is 4.79 Å². The third kappa shape index (κ3) is 5.50. The van der Waals surface area contributed by atoms with Crippen molar-refractivity contribution in [2.75, 3.05) is 6.61 Å². The van der Waals surface area contributed by atoms with Crippen LogP contribution in [-0.2, 0) is 22.1 Å². The normalized spacial score (nSPS) is 12.2. The van der Waals surface area contributed by atoms with Crippen molar-refractivity contribution >= 4 is 28.6 Å². The van der Waals surface area contributed by atoms with E-state index in [1.165, 1.54) is 29.5 Å². The van der Waals surface area contributed by atoms with E-state index >= 15 is 0 Å². The number of carbonyl (C=O) groups is 1. The fourth-order valence-corrected chi connectivity index (χ4v) is 2.11. The Bertz CT molecular complexity index is 558. The van der Waals surface area contributed by atoms with Gasteiger partial charge >= 0.3 is 18.5 Å². The van der Waals surface area contributed by atoms with Gasteiger partial charge < -0.3 is 9.47 Å². The Morgan fingerprint density at radius 2 is 1.86 bits per heavy atom. The van der Waals surface area contributed by atoms with Crippen LogP contribution < -0.4 is 4.74 Å².